The number of nitrogens with two attached hydrogens (primary N) is 1. The Morgan fingerprint density at radius 2 is 2.00 bits per heavy atom. The average Bonchev–Trinajstić information content (AvgIpc) is 2.32. The molecule has 0 heterocycles. The maximum Gasteiger partial charge on any atom is 0.167 e. The minimum absolute atomic E-state index is 0.0245. The lowest BCUT2D eigenvalue weighted by Gasteiger charge is -2.04. The van der Waals surface area contributed by atoms with Crippen molar-refractivity contribution in [2.24, 2.45) is 0 Å². The number of ketones is 1. The van der Waals surface area contributed by atoms with Crippen LogP contribution < -0.4 is 5.73 Å². The average molecular weight is 325 g/mol. The predicted octanol–water partition coefficient (Wildman–Crippen LogP) is 4.11. The highest BCUT2D eigenvalue weighted by molar-refractivity contribution is 9.10. The van der Waals surface area contributed by atoms with E-state index in [4.69, 9.17) is 17.3 Å². The van der Waals surface area contributed by atoms with Gasteiger partial charge in [-0.25, -0.2) is 0 Å². The Morgan fingerprint density at radius 3 is 2.67 bits per heavy atom. The maximum absolute atomic E-state index is 12.1. The number of halogens is 2. The Bertz CT molecular complexity index is 598. The molecule has 0 radical (unpaired) electrons. The molecule has 0 atom stereocenters. The van der Waals surface area contributed by atoms with Crippen molar-refractivity contribution >= 4 is 39.0 Å². The van der Waals surface area contributed by atoms with E-state index in [-0.39, 0.29) is 5.78 Å². The van der Waals surface area contributed by atoms with Crippen LogP contribution in [0.2, 0.25) is 5.02 Å². The molecular formula is C14H11BrClNO. The van der Waals surface area contributed by atoms with Crippen LogP contribution in [-0.2, 0) is 6.42 Å². The van der Waals surface area contributed by atoms with Gasteiger partial charge >= 0.3 is 0 Å². The third-order valence-corrected chi connectivity index (χ3v) is 3.41. The summed E-state index contributed by atoms with van der Waals surface area (Å²) in [5.74, 6) is 0.0245. The van der Waals surface area contributed by atoms with E-state index in [0.29, 0.717) is 22.7 Å². The van der Waals surface area contributed by atoms with E-state index in [1.165, 1.54) is 0 Å². The fourth-order valence-corrected chi connectivity index (χ4v) is 2.22. The first kappa shape index (κ1) is 13.1. The number of hydrogen-bond acceptors (Lipinski definition) is 2. The van der Waals surface area contributed by atoms with Gasteiger partial charge in [0, 0.05) is 16.5 Å². The number of nitrogen functional groups attached to an aromatic ring is 1. The van der Waals surface area contributed by atoms with E-state index in [2.05, 4.69) is 15.9 Å². The molecule has 0 bridgehead atoms. The van der Waals surface area contributed by atoms with Gasteiger partial charge in [0.05, 0.1) is 10.7 Å². The number of rotatable bonds is 3. The summed E-state index contributed by atoms with van der Waals surface area (Å²) >= 11 is 9.20. The number of Topliss-reactive ketones (excluding diaryl/α,β-unsaturated/α-hetero) is 1. The molecule has 0 saturated heterocycles. The monoisotopic (exact) mass is 323 g/mol. The van der Waals surface area contributed by atoms with Crippen molar-refractivity contribution in [1.82, 2.24) is 0 Å². The van der Waals surface area contributed by atoms with Gasteiger partial charge in [0.1, 0.15) is 0 Å². The summed E-state index contributed by atoms with van der Waals surface area (Å²) in [6.07, 6.45) is 0.348. The summed E-state index contributed by atoms with van der Waals surface area (Å²) < 4.78 is 0.962. The first-order valence-electron chi connectivity index (χ1n) is 5.39. The molecule has 0 unspecified atom stereocenters. The van der Waals surface area contributed by atoms with Gasteiger partial charge in [-0.3, -0.25) is 4.79 Å². The molecule has 2 aromatic carbocycles. The van der Waals surface area contributed by atoms with Crippen molar-refractivity contribution in [3.63, 3.8) is 0 Å². The number of benzene rings is 2. The molecule has 2 nitrogen and oxygen atoms in total. The van der Waals surface area contributed by atoms with Gasteiger partial charge in [0.25, 0.3) is 0 Å². The number of anilines is 1. The molecule has 4 heteroatoms. The van der Waals surface area contributed by atoms with Crippen LogP contribution in [-0.4, -0.2) is 5.78 Å². The molecule has 2 rings (SSSR count). The van der Waals surface area contributed by atoms with Crippen LogP contribution in [0.1, 0.15) is 15.9 Å². The van der Waals surface area contributed by atoms with E-state index < -0.39 is 0 Å². The summed E-state index contributed by atoms with van der Waals surface area (Å²) in [6, 6.07) is 12.6. The standard InChI is InChI=1S/C14H11BrClNO/c15-11-3-1-2-9(6-11)7-14(18)10-4-5-12(16)13(17)8-10/h1-6,8H,7,17H2. The highest BCUT2D eigenvalue weighted by Gasteiger charge is 2.09. The van der Waals surface area contributed by atoms with E-state index >= 15 is 0 Å². The Kier molecular flexibility index (Phi) is 4.04. The second-order valence-corrected chi connectivity index (χ2v) is 5.29. The quantitative estimate of drug-likeness (QED) is 0.682. The molecular weight excluding hydrogens is 314 g/mol. The minimum Gasteiger partial charge on any atom is -0.398 e. The molecule has 0 aliphatic rings. The van der Waals surface area contributed by atoms with Crippen molar-refractivity contribution in [2.45, 2.75) is 6.42 Å². The molecule has 0 amide bonds. The summed E-state index contributed by atoms with van der Waals surface area (Å²) in [5, 5.41) is 0.467. The second kappa shape index (κ2) is 5.55. The number of hydrogen-bond donors (Lipinski definition) is 1. The third-order valence-electron chi connectivity index (χ3n) is 2.57. The Labute approximate surface area is 119 Å². The van der Waals surface area contributed by atoms with E-state index in [9.17, 15) is 4.79 Å². The lowest BCUT2D eigenvalue weighted by molar-refractivity contribution is 0.0993. The minimum atomic E-state index is 0.0245. The second-order valence-electron chi connectivity index (χ2n) is 3.97. The lowest BCUT2D eigenvalue weighted by atomic mass is 10.0. The van der Waals surface area contributed by atoms with Crippen LogP contribution in [0, 0.1) is 0 Å². The lowest BCUT2D eigenvalue weighted by Crippen LogP contribution is -2.04. The fourth-order valence-electron chi connectivity index (χ4n) is 1.65. The SMILES string of the molecule is Nc1cc(C(=O)Cc2cccc(Br)c2)ccc1Cl. The van der Waals surface area contributed by atoms with Crippen LogP contribution in [0.15, 0.2) is 46.9 Å². The third kappa shape index (κ3) is 3.12. The van der Waals surface area contributed by atoms with E-state index in [1.807, 2.05) is 24.3 Å². The molecule has 0 aliphatic heterocycles. The molecule has 0 aromatic heterocycles. The van der Waals surface area contributed by atoms with Crippen LogP contribution in [0.4, 0.5) is 5.69 Å². The summed E-state index contributed by atoms with van der Waals surface area (Å²) in [5.41, 5.74) is 7.65. The van der Waals surface area contributed by atoms with Crippen LogP contribution >= 0.6 is 27.5 Å². The van der Waals surface area contributed by atoms with E-state index in [1.54, 1.807) is 18.2 Å². The topological polar surface area (TPSA) is 43.1 Å². The summed E-state index contributed by atoms with van der Waals surface area (Å²) in [6.45, 7) is 0. The van der Waals surface area contributed by atoms with Crippen LogP contribution in [0.25, 0.3) is 0 Å². The van der Waals surface area contributed by atoms with Crippen molar-refractivity contribution in [2.75, 3.05) is 5.73 Å². The highest BCUT2D eigenvalue weighted by Crippen LogP contribution is 2.21. The molecule has 2 N–H and O–H groups in total. The molecule has 92 valence electrons. The fraction of sp³-hybridized carbons (Fsp3) is 0.0714. The first-order chi connectivity index (χ1) is 8.56. The first-order valence-corrected chi connectivity index (χ1v) is 6.56. The molecule has 0 spiro atoms. The number of carbonyl (C=O) groups is 1. The van der Waals surface area contributed by atoms with Gasteiger partial charge in [0.2, 0.25) is 0 Å². The zero-order valence-electron chi connectivity index (χ0n) is 9.49. The zero-order chi connectivity index (χ0) is 13.1. The van der Waals surface area contributed by atoms with Crippen LogP contribution in [0.5, 0.6) is 0 Å². The van der Waals surface area contributed by atoms with Gasteiger partial charge in [-0.15, -0.1) is 0 Å². The molecule has 0 aliphatic carbocycles. The van der Waals surface area contributed by atoms with Gasteiger partial charge in [-0.2, -0.15) is 0 Å². The van der Waals surface area contributed by atoms with Crippen molar-refractivity contribution in [1.29, 1.82) is 0 Å². The van der Waals surface area contributed by atoms with Gasteiger partial charge in [-0.1, -0.05) is 39.7 Å². The normalized spacial score (nSPS) is 10.3. The number of carbonyl (C=O) groups excluding carboxylic acids is 1. The smallest absolute Gasteiger partial charge is 0.167 e. The largest absolute Gasteiger partial charge is 0.398 e. The summed E-state index contributed by atoms with van der Waals surface area (Å²) in [4.78, 5) is 12.1. The molecule has 2 aromatic rings. The Balaban J connectivity index is 2.19. The Hall–Kier alpha value is -1.32. The summed E-state index contributed by atoms with van der Waals surface area (Å²) in [7, 11) is 0. The van der Waals surface area contributed by atoms with E-state index in [0.717, 1.165) is 10.0 Å². The molecule has 0 fully saturated rings. The predicted molar refractivity (Wildman–Crippen MR) is 78.0 cm³/mol. The zero-order valence-corrected chi connectivity index (χ0v) is 11.8. The van der Waals surface area contributed by atoms with Gasteiger partial charge in [0.15, 0.2) is 5.78 Å². The van der Waals surface area contributed by atoms with Gasteiger partial charge < -0.3 is 5.73 Å². The van der Waals surface area contributed by atoms with Crippen molar-refractivity contribution in [3.8, 4) is 0 Å². The Morgan fingerprint density at radius 1 is 1.22 bits per heavy atom. The maximum atomic E-state index is 12.1. The highest BCUT2D eigenvalue weighted by atomic mass is 79.9. The van der Waals surface area contributed by atoms with Crippen molar-refractivity contribution in [3.05, 3.63) is 63.1 Å². The molecule has 0 saturated carbocycles. The molecule has 18 heavy (non-hydrogen) atoms. The van der Waals surface area contributed by atoms with Crippen LogP contribution in [0.3, 0.4) is 0 Å². The van der Waals surface area contributed by atoms with Crippen molar-refractivity contribution < 1.29 is 4.79 Å². The van der Waals surface area contributed by atoms with Gasteiger partial charge in [-0.05, 0) is 35.9 Å².